The first-order chi connectivity index (χ1) is 10.0. The highest BCUT2D eigenvalue weighted by molar-refractivity contribution is 9.09. The van der Waals surface area contributed by atoms with Crippen LogP contribution in [-0.4, -0.2) is 39.4 Å². The molecule has 2 rings (SSSR count). The number of alkyl halides is 1. The number of benzene rings is 1. The summed E-state index contributed by atoms with van der Waals surface area (Å²) in [5.74, 6) is -1.03. The van der Waals surface area contributed by atoms with Gasteiger partial charge in [0.1, 0.15) is 0 Å². The van der Waals surface area contributed by atoms with Crippen molar-refractivity contribution >= 4 is 21.9 Å². The van der Waals surface area contributed by atoms with E-state index in [-0.39, 0.29) is 22.8 Å². The molecule has 0 amide bonds. The van der Waals surface area contributed by atoms with Gasteiger partial charge in [-0.05, 0) is 24.9 Å². The van der Waals surface area contributed by atoms with Crippen molar-refractivity contribution in [1.29, 1.82) is 0 Å². The van der Waals surface area contributed by atoms with Gasteiger partial charge in [0.15, 0.2) is 0 Å². The lowest BCUT2D eigenvalue weighted by Crippen LogP contribution is -2.56. The van der Waals surface area contributed by atoms with Gasteiger partial charge in [-0.25, -0.2) is 0 Å². The molecule has 1 fully saturated rings. The predicted molar refractivity (Wildman–Crippen MR) is 87.4 cm³/mol. The van der Waals surface area contributed by atoms with E-state index in [1.807, 2.05) is 18.2 Å². The minimum absolute atomic E-state index is 0.0377. The van der Waals surface area contributed by atoms with Crippen molar-refractivity contribution in [2.75, 3.05) is 6.54 Å². The summed E-state index contributed by atoms with van der Waals surface area (Å²) in [6.45, 7) is 3.77. The number of hydrogen-bond donors (Lipinski definition) is 2. The standard InChI is InChI=1S/C16H23BrN2O2/c1-2-19(10-11-6-4-3-5-7-11)14-9-12(16(20)21)8-13(17)15(14)18/h3-7,12-15H,2,8-10,18H2,1H3,(H,20,21). The quantitative estimate of drug-likeness (QED) is 0.797. The number of nitrogens with two attached hydrogens (primary N) is 1. The third-order valence-electron chi connectivity index (χ3n) is 4.35. The number of halogens is 1. The monoisotopic (exact) mass is 354 g/mol. The van der Waals surface area contributed by atoms with Crippen molar-refractivity contribution in [3.05, 3.63) is 35.9 Å². The van der Waals surface area contributed by atoms with Gasteiger partial charge in [-0.3, -0.25) is 9.69 Å². The highest BCUT2D eigenvalue weighted by Gasteiger charge is 2.39. The zero-order valence-electron chi connectivity index (χ0n) is 12.3. The smallest absolute Gasteiger partial charge is 0.306 e. The summed E-state index contributed by atoms with van der Waals surface area (Å²) in [6, 6.07) is 10.3. The molecule has 21 heavy (non-hydrogen) atoms. The number of rotatable bonds is 5. The summed E-state index contributed by atoms with van der Waals surface area (Å²) >= 11 is 3.57. The Hall–Kier alpha value is -0.910. The molecule has 1 aromatic rings. The number of nitrogens with zero attached hydrogens (tertiary/aromatic N) is 1. The van der Waals surface area contributed by atoms with E-state index in [4.69, 9.17) is 5.73 Å². The van der Waals surface area contributed by atoms with Crippen molar-refractivity contribution in [3.63, 3.8) is 0 Å². The number of likely N-dealkylation sites (N-methyl/N-ethyl adjacent to an activating group) is 1. The van der Waals surface area contributed by atoms with Gasteiger partial charge in [0.25, 0.3) is 0 Å². The Bertz CT molecular complexity index is 469. The number of carboxylic acid groups (broad SMARTS) is 1. The number of hydrogen-bond acceptors (Lipinski definition) is 3. The molecule has 5 heteroatoms. The van der Waals surface area contributed by atoms with Crippen molar-refractivity contribution in [2.24, 2.45) is 11.7 Å². The van der Waals surface area contributed by atoms with Crippen LogP contribution in [0.15, 0.2) is 30.3 Å². The summed E-state index contributed by atoms with van der Waals surface area (Å²) in [7, 11) is 0. The third-order valence-corrected chi connectivity index (χ3v) is 5.33. The molecular formula is C16H23BrN2O2. The van der Waals surface area contributed by atoms with Gasteiger partial charge < -0.3 is 10.8 Å². The summed E-state index contributed by atoms with van der Waals surface area (Å²) in [5, 5.41) is 9.32. The summed E-state index contributed by atoms with van der Waals surface area (Å²) < 4.78 is 0. The SMILES string of the molecule is CCN(Cc1ccccc1)C1CC(C(=O)O)CC(Br)C1N. The van der Waals surface area contributed by atoms with Gasteiger partial charge in [0.2, 0.25) is 0 Å². The number of aliphatic carboxylic acids is 1. The van der Waals surface area contributed by atoms with E-state index in [9.17, 15) is 9.90 Å². The topological polar surface area (TPSA) is 66.6 Å². The fraction of sp³-hybridized carbons (Fsp3) is 0.562. The van der Waals surface area contributed by atoms with E-state index in [0.29, 0.717) is 12.8 Å². The summed E-state index contributed by atoms with van der Waals surface area (Å²) in [5.41, 5.74) is 7.57. The first-order valence-electron chi connectivity index (χ1n) is 7.43. The van der Waals surface area contributed by atoms with Crippen LogP contribution in [0.3, 0.4) is 0 Å². The van der Waals surface area contributed by atoms with Gasteiger partial charge >= 0.3 is 5.97 Å². The van der Waals surface area contributed by atoms with E-state index in [2.05, 4.69) is 39.9 Å². The van der Waals surface area contributed by atoms with Gasteiger partial charge in [-0.2, -0.15) is 0 Å². The zero-order valence-corrected chi connectivity index (χ0v) is 13.9. The predicted octanol–water partition coefficient (Wildman–Crippen LogP) is 2.46. The molecule has 0 aromatic heterocycles. The molecule has 0 aliphatic heterocycles. The maximum Gasteiger partial charge on any atom is 0.306 e. The van der Waals surface area contributed by atoms with Crippen LogP contribution in [-0.2, 0) is 11.3 Å². The Labute approximate surface area is 134 Å². The second-order valence-corrected chi connectivity index (χ2v) is 6.89. The van der Waals surface area contributed by atoms with Crippen LogP contribution in [0.2, 0.25) is 0 Å². The average molecular weight is 355 g/mol. The van der Waals surface area contributed by atoms with E-state index in [0.717, 1.165) is 13.1 Å². The second kappa shape index (κ2) is 7.38. The van der Waals surface area contributed by atoms with Crippen molar-refractivity contribution < 1.29 is 9.90 Å². The van der Waals surface area contributed by atoms with Crippen LogP contribution in [0, 0.1) is 5.92 Å². The van der Waals surface area contributed by atoms with Gasteiger partial charge in [0.05, 0.1) is 5.92 Å². The van der Waals surface area contributed by atoms with Crippen molar-refractivity contribution in [2.45, 2.75) is 43.2 Å². The molecule has 1 aliphatic carbocycles. The molecule has 0 heterocycles. The van der Waals surface area contributed by atoms with Gasteiger partial charge in [-0.1, -0.05) is 53.2 Å². The molecule has 116 valence electrons. The highest BCUT2D eigenvalue weighted by atomic mass is 79.9. The maximum atomic E-state index is 11.3. The van der Waals surface area contributed by atoms with Crippen molar-refractivity contribution in [1.82, 2.24) is 4.90 Å². The molecule has 3 N–H and O–H groups in total. The molecule has 0 bridgehead atoms. The Balaban J connectivity index is 2.13. The minimum Gasteiger partial charge on any atom is -0.481 e. The average Bonchev–Trinajstić information content (AvgIpc) is 2.48. The van der Waals surface area contributed by atoms with E-state index < -0.39 is 5.97 Å². The molecule has 1 aromatic carbocycles. The van der Waals surface area contributed by atoms with Crippen LogP contribution in [0.25, 0.3) is 0 Å². The lowest BCUT2D eigenvalue weighted by molar-refractivity contribution is -0.143. The molecule has 1 aliphatic rings. The largest absolute Gasteiger partial charge is 0.481 e. The number of carbonyl (C=O) groups is 1. The minimum atomic E-state index is -0.716. The van der Waals surface area contributed by atoms with Gasteiger partial charge in [-0.15, -0.1) is 0 Å². The zero-order chi connectivity index (χ0) is 15.4. The van der Waals surface area contributed by atoms with Crippen LogP contribution in [0.4, 0.5) is 0 Å². The Morgan fingerprint density at radius 1 is 1.38 bits per heavy atom. The molecular weight excluding hydrogens is 332 g/mol. The summed E-state index contributed by atoms with van der Waals surface area (Å²) in [6.07, 6.45) is 1.23. The van der Waals surface area contributed by atoms with E-state index >= 15 is 0 Å². The Morgan fingerprint density at radius 2 is 2.05 bits per heavy atom. The maximum absolute atomic E-state index is 11.3. The first kappa shape index (κ1) is 16.5. The first-order valence-corrected chi connectivity index (χ1v) is 8.35. The van der Waals surface area contributed by atoms with Crippen LogP contribution >= 0.6 is 15.9 Å². The summed E-state index contributed by atoms with van der Waals surface area (Å²) in [4.78, 5) is 13.7. The Morgan fingerprint density at radius 3 is 2.62 bits per heavy atom. The molecule has 0 radical (unpaired) electrons. The normalized spacial score (nSPS) is 29.5. The lowest BCUT2D eigenvalue weighted by atomic mass is 9.81. The van der Waals surface area contributed by atoms with Crippen LogP contribution in [0.1, 0.15) is 25.3 Å². The second-order valence-electron chi connectivity index (χ2n) is 5.72. The van der Waals surface area contributed by atoms with E-state index in [1.165, 1.54) is 5.56 Å². The third kappa shape index (κ3) is 4.05. The van der Waals surface area contributed by atoms with Crippen molar-refractivity contribution in [3.8, 4) is 0 Å². The fourth-order valence-corrected chi connectivity index (χ4v) is 3.89. The lowest BCUT2D eigenvalue weighted by Gasteiger charge is -2.42. The molecule has 0 saturated heterocycles. The molecule has 4 unspecified atom stereocenters. The molecule has 4 nitrogen and oxygen atoms in total. The Kier molecular flexibility index (Phi) is 5.79. The fourth-order valence-electron chi connectivity index (χ4n) is 3.09. The molecule has 0 spiro atoms. The van der Waals surface area contributed by atoms with E-state index in [1.54, 1.807) is 0 Å². The van der Waals surface area contributed by atoms with Gasteiger partial charge in [0, 0.05) is 23.5 Å². The molecule has 1 saturated carbocycles. The number of carboxylic acids is 1. The highest BCUT2D eigenvalue weighted by Crippen LogP contribution is 2.32. The van der Waals surface area contributed by atoms with Crippen LogP contribution in [0.5, 0.6) is 0 Å². The molecule has 4 atom stereocenters. The van der Waals surface area contributed by atoms with Crippen LogP contribution < -0.4 is 5.73 Å².